The molecule has 0 spiro atoms. The Morgan fingerprint density at radius 1 is 1.17 bits per heavy atom. The van der Waals surface area contributed by atoms with Crippen LogP contribution in [0.2, 0.25) is 5.02 Å². The van der Waals surface area contributed by atoms with Gasteiger partial charge >= 0.3 is 5.97 Å². The third kappa shape index (κ3) is 5.44. The Kier molecular flexibility index (Phi) is 7.96. The van der Waals surface area contributed by atoms with E-state index in [0.29, 0.717) is 10.6 Å². The van der Waals surface area contributed by atoms with Gasteiger partial charge in [-0.15, -0.1) is 0 Å². The molecule has 1 unspecified atom stereocenters. The molecule has 0 aliphatic rings. The lowest BCUT2D eigenvalue weighted by Crippen LogP contribution is -2.37. The van der Waals surface area contributed by atoms with Crippen LogP contribution in [0.1, 0.15) is 11.6 Å². The van der Waals surface area contributed by atoms with Crippen molar-refractivity contribution >= 4 is 27.6 Å². The summed E-state index contributed by atoms with van der Waals surface area (Å²) in [5.74, 6) is -0.703. The van der Waals surface area contributed by atoms with E-state index < -0.39 is 22.0 Å². The van der Waals surface area contributed by atoms with E-state index in [1.165, 1.54) is 23.5 Å². The van der Waals surface area contributed by atoms with Crippen molar-refractivity contribution in [1.29, 1.82) is 0 Å². The summed E-state index contributed by atoms with van der Waals surface area (Å²) in [4.78, 5) is 12.4. The summed E-state index contributed by atoms with van der Waals surface area (Å²) in [5, 5.41) is 0.486. The Labute approximate surface area is 176 Å². The first-order chi connectivity index (χ1) is 13.8. The van der Waals surface area contributed by atoms with Crippen molar-refractivity contribution in [1.82, 2.24) is 4.31 Å². The molecule has 2 aromatic carbocycles. The fourth-order valence-electron chi connectivity index (χ4n) is 2.76. The highest BCUT2D eigenvalue weighted by molar-refractivity contribution is 7.89. The van der Waals surface area contributed by atoms with Gasteiger partial charge in [-0.1, -0.05) is 73.3 Å². The van der Waals surface area contributed by atoms with Gasteiger partial charge in [0.05, 0.1) is 23.6 Å². The third-order valence-corrected chi connectivity index (χ3v) is 6.26. The number of ether oxygens (including phenoxy) is 1. The van der Waals surface area contributed by atoms with Crippen LogP contribution < -0.4 is 0 Å². The Balaban J connectivity index is 2.67. The fourth-order valence-corrected chi connectivity index (χ4v) is 4.47. The zero-order valence-electron chi connectivity index (χ0n) is 16.0. The molecule has 0 aromatic heterocycles. The molecule has 0 heterocycles. The normalized spacial score (nSPS) is 12.7. The first-order valence-corrected chi connectivity index (χ1v) is 10.5. The maximum atomic E-state index is 13.5. The standard InChI is InChI=1S/C22H22ClNO4S/c1-4-5-9-16-24(29(26,27)20-10-7-6-8-11-20)21(17(2)22(25)28-3)18-12-14-19(23)15-13-18/h4-15,21H,1-2,16H2,3H3/b9-5+. The zero-order chi connectivity index (χ0) is 21.4. The molecule has 0 fully saturated rings. The minimum Gasteiger partial charge on any atom is -0.466 e. The molecule has 0 aliphatic carbocycles. The molecule has 1 atom stereocenters. The van der Waals surface area contributed by atoms with Gasteiger partial charge < -0.3 is 4.74 Å². The minimum absolute atomic E-state index is 0.00739. The monoisotopic (exact) mass is 431 g/mol. The molecule has 152 valence electrons. The number of allylic oxidation sites excluding steroid dienone is 2. The Bertz CT molecular complexity index is 999. The van der Waals surface area contributed by atoms with Crippen LogP contribution in [0.5, 0.6) is 0 Å². The van der Waals surface area contributed by atoms with Gasteiger partial charge in [-0.2, -0.15) is 4.31 Å². The van der Waals surface area contributed by atoms with Crippen molar-refractivity contribution < 1.29 is 17.9 Å². The number of hydrogen-bond acceptors (Lipinski definition) is 4. The van der Waals surface area contributed by atoms with Gasteiger partial charge in [0.1, 0.15) is 0 Å². The van der Waals surface area contributed by atoms with Gasteiger partial charge in [0.2, 0.25) is 10.0 Å². The van der Waals surface area contributed by atoms with E-state index in [4.69, 9.17) is 16.3 Å². The van der Waals surface area contributed by atoms with Crippen molar-refractivity contribution in [2.45, 2.75) is 10.9 Å². The van der Waals surface area contributed by atoms with Crippen molar-refractivity contribution in [3.8, 4) is 0 Å². The second-order valence-electron chi connectivity index (χ2n) is 6.02. The number of halogens is 1. The molecule has 0 radical (unpaired) electrons. The topological polar surface area (TPSA) is 63.7 Å². The van der Waals surface area contributed by atoms with E-state index in [0.717, 1.165) is 0 Å². The van der Waals surface area contributed by atoms with Gasteiger partial charge in [-0.3, -0.25) is 0 Å². The molecule has 29 heavy (non-hydrogen) atoms. The predicted molar refractivity (Wildman–Crippen MR) is 115 cm³/mol. The molecule has 5 nitrogen and oxygen atoms in total. The highest BCUT2D eigenvalue weighted by Gasteiger charge is 2.36. The van der Waals surface area contributed by atoms with E-state index in [1.807, 2.05) is 0 Å². The van der Waals surface area contributed by atoms with Gasteiger partial charge in [0, 0.05) is 11.6 Å². The number of carbonyl (C=O) groups excluding carboxylic acids is 1. The number of nitrogens with zero attached hydrogens (tertiary/aromatic N) is 1. The second-order valence-corrected chi connectivity index (χ2v) is 8.35. The van der Waals surface area contributed by atoms with Crippen molar-refractivity contribution in [2.24, 2.45) is 0 Å². The summed E-state index contributed by atoms with van der Waals surface area (Å²) in [6, 6.07) is 13.6. The minimum atomic E-state index is -3.98. The average molecular weight is 432 g/mol. The van der Waals surface area contributed by atoms with Crippen molar-refractivity contribution in [3.05, 3.63) is 102 Å². The lowest BCUT2D eigenvalue weighted by Gasteiger charge is -2.31. The lowest BCUT2D eigenvalue weighted by molar-refractivity contribution is -0.136. The van der Waals surface area contributed by atoms with Gasteiger partial charge in [0.15, 0.2) is 0 Å². The molecule has 0 aliphatic heterocycles. The second kappa shape index (κ2) is 10.2. The third-order valence-electron chi connectivity index (χ3n) is 4.16. The maximum absolute atomic E-state index is 13.5. The van der Waals surface area contributed by atoms with Crippen LogP contribution in [0.25, 0.3) is 0 Å². The van der Waals surface area contributed by atoms with Crippen LogP contribution in [0.15, 0.2) is 96.5 Å². The van der Waals surface area contributed by atoms with Crippen LogP contribution in [0.3, 0.4) is 0 Å². The smallest absolute Gasteiger partial charge is 0.335 e. The fraction of sp³-hybridized carbons (Fsp3) is 0.136. The summed E-state index contributed by atoms with van der Waals surface area (Å²) in [6.45, 7) is 7.42. The number of rotatable bonds is 9. The summed E-state index contributed by atoms with van der Waals surface area (Å²) < 4.78 is 33.0. The Morgan fingerprint density at radius 3 is 2.34 bits per heavy atom. The Morgan fingerprint density at radius 2 is 1.79 bits per heavy atom. The van der Waals surface area contributed by atoms with Gasteiger partial charge in [-0.25, -0.2) is 13.2 Å². The maximum Gasteiger partial charge on any atom is 0.335 e. The van der Waals surface area contributed by atoms with Gasteiger partial charge in [0.25, 0.3) is 0 Å². The summed E-state index contributed by atoms with van der Waals surface area (Å²) in [6.07, 6.45) is 4.81. The Hall–Kier alpha value is -2.67. The number of hydrogen-bond donors (Lipinski definition) is 0. The molecule has 0 saturated carbocycles. The lowest BCUT2D eigenvalue weighted by atomic mass is 9.99. The molecule has 0 bridgehead atoms. The van der Waals surface area contributed by atoms with Crippen LogP contribution in [0, 0.1) is 0 Å². The zero-order valence-corrected chi connectivity index (χ0v) is 17.6. The number of sulfonamides is 1. The van der Waals surface area contributed by atoms with Gasteiger partial charge in [-0.05, 0) is 29.8 Å². The number of esters is 1. The summed E-state index contributed by atoms with van der Waals surface area (Å²) in [7, 11) is -2.76. The molecule has 2 aromatic rings. The molecule has 0 saturated heterocycles. The SMILES string of the molecule is C=C/C=C/CN(C(C(=C)C(=O)OC)c1ccc(Cl)cc1)S(=O)(=O)c1ccccc1. The first kappa shape index (κ1) is 22.6. The molecule has 0 N–H and O–H groups in total. The average Bonchev–Trinajstić information content (AvgIpc) is 2.74. The highest BCUT2D eigenvalue weighted by Crippen LogP contribution is 2.34. The van der Waals surface area contributed by atoms with Crippen LogP contribution in [-0.2, 0) is 19.6 Å². The van der Waals surface area contributed by atoms with Crippen molar-refractivity contribution in [3.63, 3.8) is 0 Å². The number of methoxy groups -OCH3 is 1. The number of carbonyl (C=O) groups is 1. The van der Waals surface area contributed by atoms with E-state index in [2.05, 4.69) is 13.2 Å². The van der Waals surface area contributed by atoms with E-state index >= 15 is 0 Å². The van der Waals surface area contributed by atoms with Crippen LogP contribution >= 0.6 is 11.6 Å². The van der Waals surface area contributed by atoms with E-state index in [9.17, 15) is 13.2 Å². The van der Waals surface area contributed by atoms with Crippen LogP contribution in [0.4, 0.5) is 0 Å². The molecular weight excluding hydrogens is 410 g/mol. The summed E-state index contributed by atoms with van der Waals surface area (Å²) >= 11 is 5.99. The van der Waals surface area contributed by atoms with Crippen LogP contribution in [-0.4, -0.2) is 32.3 Å². The van der Waals surface area contributed by atoms with Crippen molar-refractivity contribution in [2.75, 3.05) is 13.7 Å². The number of benzene rings is 2. The molecule has 7 heteroatoms. The molecule has 0 amide bonds. The quantitative estimate of drug-likeness (QED) is 0.332. The predicted octanol–water partition coefficient (Wildman–Crippen LogP) is 4.54. The molecule has 2 rings (SSSR count). The molecular formula is C22H22ClNO4S. The largest absolute Gasteiger partial charge is 0.466 e. The first-order valence-electron chi connectivity index (χ1n) is 8.70. The highest BCUT2D eigenvalue weighted by atomic mass is 35.5. The van der Waals surface area contributed by atoms with E-state index in [1.54, 1.807) is 60.7 Å². The summed E-state index contributed by atoms with van der Waals surface area (Å²) in [5.41, 5.74) is 0.526. The van der Waals surface area contributed by atoms with E-state index in [-0.39, 0.29) is 17.0 Å².